The first-order valence-electron chi connectivity index (χ1n) is 16.0. The van der Waals surface area contributed by atoms with Crippen LogP contribution in [0.15, 0.2) is 12.2 Å². The number of rotatable bonds is 30. The molecular formula is C32H60NO6+. The lowest BCUT2D eigenvalue weighted by Gasteiger charge is -2.38. The van der Waals surface area contributed by atoms with Crippen molar-refractivity contribution in [3.63, 3.8) is 0 Å². The minimum Gasteiger partial charge on any atom is -0.481 e. The summed E-state index contributed by atoms with van der Waals surface area (Å²) in [7, 11) is 0. The van der Waals surface area contributed by atoms with Gasteiger partial charge in [0.05, 0.1) is 45.4 Å². The van der Waals surface area contributed by atoms with E-state index in [4.69, 9.17) is 15.3 Å². The molecule has 0 saturated heterocycles. The van der Waals surface area contributed by atoms with Gasteiger partial charge in [-0.3, -0.25) is 14.4 Å². The van der Waals surface area contributed by atoms with Crippen molar-refractivity contribution in [2.75, 3.05) is 26.2 Å². The molecule has 7 heteroatoms. The van der Waals surface area contributed by atoms with Gasteiger partial charge in [0.15, 0.2) is 0 Å². The minimum atomic E-state index is -0.930. The Morgan fingerprint density at radius 1 is 0.462 bits per heavy atom. The molecule has 0 aromatic rings. The van der Waals surface area contributed by atoms with E-state index in [9.17, 15) is 14.4 Å². The second-order valence-electron chi connectivity index (χ2n) is 11.3. The van der Waals surface area contributed by atoms with E-state index in [0.717, 1.165) is 25.7 Å². The van der Waals surface area contributed by atoms with Gasteiger partial charge in [-0.15, -0.1) is 0 Å². The molecule has 0 aliphatic heterocycles. The first kappa shape index (κ1) is 37.1. The molecule has 0 atom stereocenters. The highest BCUT2D eigenvalue weighted by Crippen LogP contribution is 2.17. The Morgan fingerprint density at radius 3 is 1.08 bits per heavy atom. The molecule has 0 saturated carbocycles. The van der Waals surface area contributed by atoms with Crippen LogP contribution in [-0.2, 0) is 14.4 Å². The van der Waals surface area contributed by atoms with E-state index < -0.39 is 17.9 Å². The summed E-state index contributed by atoms with van der Waals surface area (Å²) in [5.74, 6) is -2.79. The number of quaternary nitrogens is 1. The van der Waals surface area contributed by atoms with Crippen molar-refractivity contribution in [1.82, 2.24) is 0 Å². The predicted molar refractivity (Wildman–Crippen MR) is 159 cm³/mol. The fraction of sp³-hybridized carbons (Fsp3) is 0.844. The summed E-state index contributed by atoms with van der Waals surface area (Å²) >= 11 is 0. The van der Waals surface area contributed by atoms with Crippen molar-refractivity contribution in [3.05, 3.63) is 12.2 Å². The second-order valence-corrected chi connectivity index (χ2v) is 11.3. The Balaban J connectivity index is 3.83. The number of hydrogen-bond acceptors (Lipinski definition) is 3. The lowest BCUT2D eigenvalue weighted by atomic mass is 10.0. The highest BCUT2D eigenvalue weighted by atomic mass is 16.4. The number of allylic oxidation sites excluding steroid dienone is 2. The van der Waals surface area contributed by atoms with E-state index >= 15 is 0 Å². The van der Waals surface area contributed by atoms with Crippen LogP contribution >= 0.6 is 0 Å². The lowest BCUT2D eigenvalue weighted by Crippen LogP contribution is -2.52. The number of carbonyl (C=O) groups is 3. The number of nitrogens with zero attached hydrogens (tertiary/aromatic N) is 1. The molecule has 0 spiro atoms. The summed E-state index contributed by atoms with van der Waals surface area (Å²) in [5, 5.41) is 27.4. The SMILES string of the molecule is CC/C=C/CCCCCCCCCCCCCCCCCCC[N+](CCC(=O)O)(CCC(=O)O)CCC(=O)O. The van der Waals surface area contributed by atoms with Crippen LogP contribution < -0.4 is 0 Å². The van der Waals surface area contributed by atoms with E-state index in [1.807, 2.05) is 0 Å². The number of hydrogen-bond donors (Lipinski definition) is 3. The zero-order valence-corrected chi connectivity index (χ0v) is 25.1. The average molecular weight is 555 g/mol. The van der Waals surface area contributed by atoms with Gasteiger partial charge in [0.25, 0.3) is 0 Å². The number of unbranched alkanes of at least 4 members (excludes halogenated alkanes) is 17. The molecule has 3 N–H and O–H groups in total. The van der Waals surface area contributed by atoms with E-state index in [1.54, 1.807) is 0 Å². The fourth-order valence-corrected chi connectivity index (χ4v) is 5.31. The van der Waals surface area contributed by atoms with Gasteiger partial charge in [0.1, 0.15) is 0 Å². The van der Waals surface area contributed by atoms with E-state index in [2.05, 4.69) is 19.1 Å². The van der Waals surface area contributed by atoms with Crippen molar-refractivity contribution < 1.29 is 34.2 Å². The second kappa shape index (κ2) is 26.3. The highest BCUT2D eigenvalue weighted by molar-refractivity contribution is 5.67. The van der Waals surface area contributed by atoms with E-state index in [-0.39, 0.29) is 43.4 Å². The molecule has 0 aliphatic carbocycles. The zero-order valence-electron chi connectivity index (χ0n) is 25.1. The molecule has 0 rings (SSSR count). The molecule has 0 unspecified atom stereocenters. The van der Waals surface area contributed by atoms with Crippen LogP contribution in [0.1, 0.15) is 148 Å². The Hall–Kier alpha value is -1.89. The molecule has 0 heterocycles. The number of carboxylic acid groups (broad SMARTS) is 3. The van der Waals surface area contributed by atoms with Crippen molar-refractivity contribution in [1.29, 1.82) is 0 Å². The van der Waals surface area contributed by atoms with Crippen molar-refractivity contribution in [2.24, 2.45) is 0 Å². The number of carboxylic acids is 3. The highest BCUT2D eigenvalue weighted by Gasteiger charge is 2.29. The Labute approximate surface area is 238 Å². The summed E-state index contributed by atoms with van der Waals surface area (Å²) in [4.78, 5) is 33.4. The average Bonchev–Trinajstić information content (AvgIpc) is 2.90. The third-order valence-electron chi connectivity index (χ3n) is 7.81. The van der Waals surface area contributed by atoms with Gasteiger partial charge in [-0.2, -0.15) is 0 Å². The van der Waals surface area contributed by atoms with Crippen LogP contribution in [0.4, 0.5) is 0 Å². The zero-order chi connectivity index (χ0) is 29.0. The Morgan fingerprint density at radius 2 is 0.769 bits per heavy atom. The maximum absolute atomic E-state index is 11.1. The van der Waals surface area contributed by atoms with Gasteiger partial charge in [0, 0.05) is 0 Å². The minimum absolute atomic E-state index is 0.0728. The standard InChI is InChI=1S/C32H59NO6/c1-2-3-4-5-6-7-8-9-10-11-12-13-14-15-16-17-18-19-20-21-22-26-33(27-23-30(34)35,28-24-31(36)37)29-25-32(38)39/h3-4H,2,5-29H2,1H3,(H2-,34,35,36,37,38,39)/p+1/b4-3+. The summed E-state index contributed by atoms with van der Waals surface area (Å²) < 4.78 is 0.266. The van der Waals surface area contributed by atoms with Crippen LogP contribution in [0, 0.1) is 0 Å². The maximum Gasteiger partial charge on any atom is 0.309 e. The molecular weight excluding hydrogens is 494 g/mol. The van der Waals surface area contributed by atoms with Crippen LogP contribution in [0.3, 0.4) is 0 Å². The van der Waals surface area contributed by atoms with Crippen LogP contribution in [0.5, 0.6) is 0 Å². The molecule has 0 aliphatic rings. The molecule has 39 heavy (non-hydrogen) atoms. The molecule has 0 amide bonds. The molecule has 0 aromatic carbocycles. The van der Waals surface area contributed by atoms with Crippen LogP contribution in [0.25, 0.3) is 0 Å². The largest absolute Gasteiger partial charge is 0.481 e. The summed E-state index contributed by atoms with van der Waals surface area (Å²) in [6.45, 7) is 3.68. The van der Waals surface area contributed by atoms with Gasteiger partial charge >= 0.3 is 17.9 Å². The summed E-state index contributed by atoms with van der Waals surface area (Å²) in [6, 6.07) is 0. The van der Waals surface area contributed by atoms with Gasteiger partial charge in [0.2, 0.25) is 0 Å². The lowest BCUT2D eigenvalue weighted by molar-refractivity contribution is -0.927. The number of aliphatic carboxylic acids is 3. The molecule has 0 aromatic heterocycles. The van der Waals surface area contributed by atoms with Crippen molar-refractivity contribution in [3.8, 4) is 0 Å². The van der Waals surface area contributed by atoms with Gasteiger partial charge in [-0.25, -0.2) is 0 Å². The molecule has 7 nitrogen and oxygen atoms in total. The van der Waals surface area contributed by atoms with Crippen molar-refractivity contribution in [2.45, 2.75) is 148 Å². The van der Waals surface area contributed by atoms with Gasteiger partial charge in [-0.05, 0) is 32.1 Å². The smallest absolute Gasteiger partial charge is 0.309 e. The first-order valence-corrected chi connectivity index (χ1v) is 16.0. The molecule has 0 bridgehead atoms. The van der Waals surface area contributed by atoms with Gasteiger partial charge < -0.3 is 19.8 Å². The predicted octanol–water partition coefficient (Wildman–Crippen LogP) is 8.22. The summed E-state index contributed by atoms with van der Waals surface area (Å²) in [6.07, 6.45) is 28.5. The van der Waals surface area contributed by atoms with Crippen molar-refractivity contribution >= 4 is 17.9 Å². The van der Waals surface area contributed by atoms with E-state index in [0.29, 0.717) is 6.54 Å². The van der Waals surface area contributed by atoms with Crippen LogP contribution in [-0.4, -0.2) is 63.9 Å². The Bertz CT molecular complexity index is 603. The quantitative estimate of drug-likeness (QED) is 0.0468. The third kappa shape index (κ3) is 26.1. The van der Waals surface area contributed by atoms with Gasteiger partial charge in [-0.1, -0.05) is 109 Å². The molecule has 0 fully saturated rings. The monoisotopic (exact) mass is 554 g/mol. The Kier molecular flexibility index (Phi) is 25.1. The van der Waals surface area contributed by atoms with Crippen LogP contribution in [0.2, 0.25) is 0 Å². The first-order chi connectivity index (χ1) is 18.8. The molecule has 228 valence electrons. The molecule has 0 radical (unpaired) electrons. The van der Waals surface area contributed by atoms with E-state index in [1.165, 1.54) is 96.3 Å². The normalized spacial score (nSPS) is 11.8. The third-order valence-corrected chi connectivity index (χ3v) is 7.81. The maximum atomic E-state index is 11.1. The topological polar surface area (TPSA) is 112 Å². The summed E-state index contributed by atoms with van der Waals surface area (Å²) in [5.41, 5.74) is 0. The fourth-order valence-electron chi connectivity index (χ4n) is 5.31.